The molecule has 1 unspecified atom stereocenters. The van der Waals surface area contributed by atoms with Crippen LogP contribution in [0.5, 0.6) is 5.75 Å². The summed E-state index contributed by atoms with van der Waals surface area (Å²) in [6.45, 7) is 3.95. The number of ether oxygens (including phenoxy) is 1. The van der Waals surface area contributed by atoms with E-state index in [1.165, 1.54) is 7.11 Å². The molecule has 0 aromatic heterocycles. The molecule has 1 N–H and O–H groups in total. The van der Waals surface area contributed by atoms with Gasteiger partial charge in [-0.2, -0.15) is 0 Å². The molecule has 1 aromatic rings. The van der Waals surface area contributed by atoms with E-state index in [1.807, 2.05) is 6.92 Å². The molecule has 0 spiro atoms. The average molecular weight is 350 g/mol. The number of nitrogens with one attached hydrogen (secondary N) is 1. The maximum Gasteiger partial charge on any atom is 0.244 e. The largest absolute Gasteiger partial charge is 0.495 e. The molecule has 0 bridgehead atoms. The van der Waals surface area contributed by atoms with Gasteiger partial charge in [0.15, 0.2) is 0 Å². The average Bonchev–Trinajstić information content (AvgIpc) is 2.35. The van der Waals surface area contributed by atoms with Crippen molar-refractivity contribution in [3.8, 4) is 5.75 Å². The minimum atomic E-state index is -3.56. The first-order valence-corrected chi connectivity index (χ1v) is 8.54. The van der Waals surface area contributed by atoms with Gasteiger partial charge in [0.25, 0.3) is 0 Å². The molecule has 1 aromatic carbocycles. The summed E-state index contributed by atoms with van der Waals surface area (Å²) in [6.07, 6.45) is 2.87. The summed E-state index contributed by atoms with van der Waals surface area (Å²) in [6, 6.07) is 4.84. The van der Waals surface area contributed by atoms with Gasteiger partial charge in [-0.3, -0.25) is 0 Å². The van der Waals surface area contributed by atoms with Crippen LogP contribution in [0.15, 0.2) is 27.6 Å². The van der Waals surface area contributed by atoms with Gasteiger partial charge in [-0.15, -0.1) is 0 Å². The Morgan fingerprint density at radius 1 is 1.42 bits per heavy atom. The Hall–Kier alpha value is -0.590. The van der Waals surface area contributed by atoms with E-state index in [-0.39, 0.29) is 10.9 Å². The van der Waals surface area contributed by atoms with Gasteiger partial charge >= 0.3 is 0 Å². The molecule has 0 saturated heterocycles. The van der Waals surface area contributed by atoms with E-state index < -0.39 is 10.0 Å². The summed E-state index contributed by atoms with van der Waals surface area (Å²) < 4.78 is 33.1. The van der Waals surface area contributed by atoms with E-state index >= 15 is 0 Å². The van der Waals surface area contributed by atoms with E-state index in [2.05, 4.69) is 27.6 Å². The zero-order chi connectivity index (χ0) is 14.5. The first-order valence-electron chi connectivity index (χ1n) is 6.26. The van der Waals surface area contributed by atoms with Crippen LogP contribution in [0.25, 0.3) is 0 Å². The van der Waals surface area contributed by atoms with Gasteiger partial charge in [0, 0.05) is 10.5 Å². The molecule has 6 heteroatoms. The van der Waals surface area contributed by atoms with Crippen LogP contribution in [0.3, 0.4) is 0 Å². The van der Waals surface area contributed by atoms with E-state index in [0.29, 0.717) is 10.2 Å². The van der Waals surface area contributed by atoms with Gasteiger partial charge in [0.1, 0.15) is 10.6 Å². The lowest BCUT2D eigenvalue weighted by atomic mass is 10.2. The topological polar surface area (TPSA) is 55.4 Å². The summed E-state index contributed by atoms with van der Waals surface area (Å²) in [5.41, 5.74) is 0. The number of methoxy groups -OCH3 is 1. The van der Waals surface area contributed by atoms with Gasteiger partial charge in [-0.25, -0.2) is 13.1 Å². The van der Waals surface area contributed by atoms with Gasteiger partial charge in [-0.1, -0.05) is 35.7 Å². The summed E-state index contributed by atoms with van der Waals surface area (Å²) in [5, 5.41) is 0. The molecule has 0 aliphatic rings. The molecule has 0 saturated carbocycles. The molecular formula is C13H20BrNO3S. The highest BCUT2D eigenvalue weighted by Crippen LogP contribution is 2.27. The van der Waals surface area contributed by atoms with Crippen molar-refractivity contribution in [2.45, 2.75) is 44.0 Å². The summed E-state index contributed by atoms with van der Waals surface area (Å²) in [4.78, 5) is 0.160. The summed E-state index contributed by atoms with van der Waals surface area (Å²) in [5.74, 6) is 0.346. The molecule has 0 aliphatic heterocycles. The molecule has 1 atom stereocenters. The molecule has 1 rings (SSSR count). The Balaban J connectivity index is 2.96. The number of hydrogen-bond acceptors (Lipinski definition) is 3. The second kappa shape index (κ2) is 7.26. The molecule has 4 nitrogen and oxygen atoms in total. The van der Waals surface area contributed by atoms with Crippen LogP contribution >= 0.6 is 15.9 Å². The van der Waals surface area contributed by atoms with Crippen LogP contribution in [0.2, 0.25) is 0 Å². The van der Waals surface area contributed by atoms with Crippen LogP contribution in [0, 0.1) is 0 Å². The smallest absolute Gasteiger partial charge is 0.244 e. The van der Waals surface area contributed by atoms with E-state index in [4.69, 9.17) is 4.74 Å². The van der Waals surface area contributed by atoms with Crippen LogP contribution in [-0.4, -0.2) is 21.6 Å². The maximum absolute atomic E-state index is 12.3. The molecule has 19 heavy (non-hydrogen) atoms. The maximum atomic E-state index is 12.3. The Labute approximate surface area is 123 Å². The SMILES string of the molecule is CCCCC(C)NS(=O)(=O)c1cc(Br)ccc1OC. The Bertz CT molecular complexity index is 517. The number of benzene rings is 1. The van der Waals surface area contributed by atoms with Crippen molar-refractivity contribution >= 4 is 26.0 Å². The standard InChI is InChI=1S/C13H20BrNO3S/c1-4-5-6-10(2)15-19(16,17)13-9-11(14)7-8-12(13)18-3/h7-10,15H,4-6H2,1-3H3. The second-order valence-corrected chi connectivity index (χ2v) is 7.06. The molecule has 0 fully saturated rings. The lowest BCUT2D eigenvalue weighted by Crippen LogP contribution is -2.32. The van der Waals surface area contributed by atoms with E-state index in [9.17, 15) is 8.42 Å². The zero-order valence-corrected chi connectivity index (χ0v) is 13.8. The predicted molar refractivity (Wildman–Crippen MR) is 80.0 cm³/mol. The summed E-state index contributed by atoms with van der Waals surface area (Å²) in [7, 11) is -2.10. The molecule has 0 heterocycles. The molecule has 0 amide bonds. The van der Waals surface area contributed by atoms with Crippen molar-refractivity contribution in [2.75, 3.05) is 7.11 Å². The fraction of sp³-hybridized carbons (Fsp3) is 0.538. The Morgan fingerprint density at radius 3 is 2.68 bits per heavy atom. The third kappa shape index (κ3) is 4.78. The highest BCUT2D eigenvalue weighted by Gasteiger charge is 2.21. The molecule has 108 valence electrons. The van der Waals surface area contributed by atoms with Gasteiger partial charge in [0.05, 0.1) is 7.11 Å². The summed E-state index contributed by atoms with van der Waals surface area (Å²) >= 11 is 3.28. The van der Waals surface area contributed by atoms with Crippen molar-refractivity contribution < 1.29 is 13.2 Å². The van der Waals surface area contributed by atoms with Crippen molar-refractivity contribution in [3.05, 3.63) is 22.7 Å². The lowest BCUT2D eigenvalue weighted by molar-refractivity contribution is 0.401. The van der Waals surface area contributed by atoms with Crippen molar-refractivity contribution in [1.29, 1.82) is 0 Å². The zero-order valence-electron chi connectivity index (χ0n) is 11.4. The van der Waals surface area contributed by atoms with Crippen LogP contribution in [-0.2, 0) is 10.0 Å². The quantitative estimate of drug-likeness (QED) is 0.821. The Morgan fingerprint density at radius 2 is 2.11 bits per heavy atom. The normalized spacial score (nSPS) is 13.3. The minimum Gasteiger partial charge on any atom is -0.495 e. The molecule has 0 radical (unpaired) electrons. The highest BCUT2D eigenvalue weighted by molar-refractivity contribution is 9.10. The van der Waals surface area contributed by atoms with E-state index in [1.54, 1.807) is 18.2 Å². The van der Waals surface area contributed by atoms with Crippen LogP contribution in [0.4, 0.5) is 0 Å². The monoisotopic (exact) mass is 349 g/mol. The van der Waals surface area contributed by atoms with Gasteiger partial charge < -0.3 is 4.74 Å². The number of rotatable bonds is 7. The molecule has 0 aliphatic carbocycles. The lowest BCUT2D eigenvalue weighted by Gasteiger charge is -2.15. The fourth-order valence-electron chi connectivity index (χ4n) is 1.76. The van der Waals surface area contributed by atoms with E-state index in [0.717, 1.165) is 19.3 Å². The third-order valence-electron chi connectivity index (χ3n) is 2.76. The third-order valence-corrected chi connectivity index (χ3v) is 4.87. The second-order valence-electron chi connectivity index (χ2n) is 4.46. The van der Waals surface area contributed by atoms with Crippen molar-refractivity contribution in [1.82, 2.24) is 4.72 Å². The first-order chi connectivity index (χ1) is 8.90. The Kier molecular flexibility index (Phi) is 6.29. The fourth-order valence-corrected chi connectivity index (χ4v) is 3.74. The predicted octanol–water partition coefficient (Wildman–Crippen LogP) is 3.31. The highest BCUT2D eigenvalue weighted by atomic mass is 79.9. The first kappa shape index (κ1) is 16.5. The van der Waals surface area contributed by atoms with Gasteiger partial charge in [0.2, 0.25) is 10.0 Å². The number of sulfonamides is 1. The number of hydrogen-bond donors (Lipinski definition) is 1. The number of halogens is 1. The molecular weight excluding hydrogens is 330 g/mol. The van der Waals surface area contributed by atoms with Crippen LogP contribution < -0.4 is 9.46 Å². The number of unbranched alkanes of at least 4 members (excludes halogenated alkanes) is 1. The van der Waals surface area contributed by atoms with Crippen molar-refractivity contribution in [2.24, 2.45) is 0 Å². The minimum absolute atomic E-state index is 0.0892. The van der Waals surface area contributed by atoms with Gasteiger partial charge in [-0.05, 0) is 31.5 Å². The van der Waals surface area contributed by atoms with Crippen LogP contribution in [0.1, 0.15) is 33.1 Å². The van der Waals surface area contributed by atoms with Crippen molar-refractivity contribution in [3.63, 3.8) is 0 Å².